The predicted octanol–water partition coefficient (Wildman–Crippen LogP) is 3.71. The van der Waals surface area contributed by atoms with E-state index in [0.29, 0.717) is 42.7 Å². The standard InChI is InChI=1S/C19H25N3O4.HI/c1-5-9-20-19(21-10-8-15-7-6-11-26-15)22-14-12-16(23-2)18(25-4)17(13-14)24-3;/h5-7,11-13H,1,8-10H2,2-4H3,(H2,20,21,22);1H. The molecule has 2 rings (SSSR count). The van der Waals surface area contributed by atoms with E-state index in [1.807, 2.05) is 24.3 Å². The Hall–Kier alpha value is -2.36. The molecule has 0 radical (unpaired) electrons. The quantitative estimate of drug-likeness (QED) is 0.243. The Kier molecular flexibility index (Phi) is 10.2. The van der Waals surface area contributed by atoms with Crippen LogP contribution >= 0.6 is 24.0 Å². The number of hydrogen-bond acceptors (Lipinski definition) is 5. The van der Waals surface area contributed by atoms with Gasteiger partial charge in [-0.05, 0) is 12.1 Å². The number of hydrogen-bond donors (Lipinski definition) is 2. The fourth-order valence-corrected chi connectivity index (χ4v) is 2.33. The summed E-state index contributed by atoms with van der Waals surface area (Å²) in [6, 6.07) is 7.43. The van der Waals surface area contributed by atoms with E-state index >= 15 is 0 Å². The lowest BCUT2D eigenvalue weighted by atomic mass is 10.2. The van der Waals surface area contributed by atoms with Crippen LogP contribution in [-0.2, 0) is 6.42 Å². The van der Waals surface area contributed by atoms with E-state index in [9.17, 15) is 0 Å². The normalized spacial score (nSPS) is 10.6. The molecule has 0 aliphatic carbocycles. The van der Waals surface area contributed by atoms with Crippen molar-refractivity contribution in [3.63, 3.8) is 0 Å². The number of guanidine groups is 1. The summed E-state index contributed by atoms with van der Waals surface area (Å²) in [4.78, 5) is 4.56. The van der Waals surface area contributed by atoms with Gasteiger partial charge in [-0.15, -0.1) is 30.6 Å². The first-order valence-electron chi connectivity index (χ1n) is 8.20. The highest BCUT2D eigenvalue weighted by atomic mass is 127. The summed E-state index contributed by atoms with van der Waals surface area (Å²) in [5.41, 5.74) is 0.757. The predicted molar refractivity (Wildman–Crippen MR) is 118 cm³/mol. The Morgan fingerprint density at radius 3 is 2.41 bits per heavy atom. The van der Waals surface area contributed by atoms with Gasteiger partial charge in [0.2, 0.25) is 5.75 Å². The number of nitrogens with zero attached hydrogens (tertiary/aromatic N) is 1. The average molecular weight is 487 g/mol. The number of methoxy groups -OCH3 is 3. The van der Waals surface area contributed by atoms with Crippen LogP contribution in [0.15, 0.2) is 52.6 Å². The van der Waals surface area contributed by atoms with Crippen LogP contribution in [0, 0.1) is 0 Å². The first-order valence-corrected chi connectivity index (χ1v) is 8.20. The number of rotatable bonds is 9. The topological polar surface area (TPSA) is 77.3 Å². The first kappa shape index (κ1) is 22.7. The molecule has 1 aromatic carbocycles. The largest absolute Gasteiger partial charge is 0.493 e. The van der Waals surface area contributed by atoms with Gasteiger partial charge >= 0.3 is 0 Å². The molecular formula is C19H26IN3O4. The number of halogens is 1. The fraction of sp³-hybridized carbons (Fsp3) is 0.316. The fourth-order valence-electron chi connectivity index (χ4n) is 2.33. The number of benzene rings is 1. The molecule has 1 heterocycles. The van der Waals surface area contributed by atoms with E-state index < -0.39 is 0 Å². The minimum absolute atomic E-state index is 0. The molecule has 2 aromatic rings. The molecule has 0 atom stereocenters. The molecule has 0 spiro atoms. The molecule has 0 bridgehead atoms. The van der Waals surface area contributed by atoms with Gasteiger partial charge in [0.25, 0.3) is 0 Å². The van der Waals surface area contributed by atoms with Gasteiger partial charge in [-0.1, -0.05) is 6.08 Å². The Bertz CT molecular complexity index is 708. The van der Waals surface area contributed by atoms with Crippen molar-refractivity contribution in [3.05, 3.63) is 48.9 Å². The summed E-state index contributed by atoms with van der Waals surface area (Å²) in [6.07, 6.45) is 4.13. The summed E-state index contributed by atoms with van der Waals surface area (Å²) in [6.45, 7) is 4.88. The van der Waals surface area contributed by atoms with Gasteiger partial charge in [-0.25, -0.2) is 0 Å². The Labute approximate surface area is 176 Å². The minimum Gasteiger partial charge on any atom is -0.493 e. The van der Waals surface area contributed by atoms with Gasteiger partial charge in [-0.3, -0.25) is 4.99 Å². The lowest BCUT2D eigenvalue weighted by Gasteiger charge is -2.16. The van der Waals surface area contributed by atoms with Crippen LogP contribution in [0.2, 0.25) is 0 Å². The van der Waals surface area contributed by atoms with Gasteiger partial charge < -0.3 is 29.3 Å². The van der Waals surface area contributed by atoms with Crippen molar-refractivity contribution >= 4 is 35.6 Å². The second kappa shape index (κ2) is 12.1. The molecule has 2 N–H and O–H groups in total. The van der Waals surface area contributed by atoms with Crippen molar-refractivity contribution in [1.29, 1.82) is 0 Å². The molecule has 7 nitrogen and oxygen atoms in total. The van der Waals surface area contributed by atoms with Crippen molar-refractivity contribution in [2.45, 2.75) is 6.42 Å². The number of ether oxygens (including phenoxy) is 3. The zero-order valence-electron chi connectivity index (χ0n) is 15.8. The highest BCUT2D eigenvalue weighted by Crippen LogP contribution is 2.39. The monoisotopic (exact) mass is 487 g/mol. The van der Waals surface area contributed by atoms with Gasteiger partial charge in [0, 0.05) is 37.3 Å². The van der Waals surface area contributed by atoms with E-state index in [2.05, 4.69) is 22.2 Å². The SMILES string of the molecule is C=CCNC(=NCCc1ccco1)Nc1cc(OC)c(OC)c(OC)c1.I. The zero-order chi connectivity index (χ0) is 18.8. The summed E-state index contributed by atoms with van der Waals surface area (Å²) in [5.74, 6) is 3.17. The van der Waals surface area contributed by atoms with E-state index in [-0.39, 0.29) is 24.0 Å². The number of aliphatic imine (C=N–C) groups is 1. The van der Waals surface area contributed by atoms with Crippen LogP contribution in [0.1, 0.15) is 5.76 Å². The van der Waals surface area contributed by atoms with E-state index in [1.54, 1.807) is 33.7 Å². The minimum atomic E-state index is 0. The van der Waals surface area contributed by atoms with Crippen LogP contribution < -0.4 is 24.8 Å². The van der Waals surface area contributed by atoms with Crippen molar-refractivity contribution in [2.24, 2.45) is 4.99 Å². The van der Waals surface area contributed by atoms with E-state index in [1.165, 1.54) is 0 Å². The summed E-state index contributed by atoms with van der Waals surface area (Å²) < 4.78 is 21.4. The Morgan fingerprint density at radius 2 is 1.89 bits per heavy atom. The third-order valence-electron chi connectivity index (χ3n) is 3.55. The molecule has 0 aliphatic heterocycles. The molecular weight excluding hydrogens is 461 g/mol. The lowest BCUT2D eigenvalue weighted by molar-refractivity contribution is 0.324. The van der Waals surface area contributed by atoms with Gasteiger partial charge in [0.05, 0.1) is 27.6 Å². The van der Waals surface area contributed by atoms with Crippen molar-refractivity contribution in [3.8, 4) is 17.2 Å². The van der Waals surface area contributed by atoms with Gasteiger partial charge in [0.1, 0.15) is 5.76 Å². The smallest absolute Gasteiger partial charge is 0.203 e. The number of nitrogens with one attached hydrogen (secondary N) is 2. The number of anilines is 1. The van der Waals surface area contributed by atoms with Crippen LogP contribution in [-0.4, -0.2) is 40.4 Å². The highest BCUT2D eigenvalue weighted by molar-refractivity contribution is 14.0. The summed E-state index contributed by atoms with van der Waals surface area (Å²) in [7, 11) is 4.73. The molecule has 0 fully saturated rings. The van der Waals surface area contributed by atoms with E-state index in [0.717, 1.165) is 11.4 Å². The molecule has 0 saturated carbocycles. The second-order valence-electron chi connectivity index (χ2n) is 5.27. The van der Waals surface area contributed by atoms with E-state index in [4.69, 9.17) is 18.6 Å². The maximum atomic E-state index is 5.38. The number of furan rings is 1. The van der Waals surface area contributed by atoms with Crippen LogP contribution in [0.4, 0.5) is 5.69 Å². The molecule has 0 aliphatic rings. The Balaban J connectivity index is 0.00000364. The van der Waals surface area contributed by atoms with Gasteiger partial charge in [-0.2, -0.15) is 0 Å². The van der Waals surface area contributed by atoms with Crippen LogP contribution in [0.3, 0.4) is 0 Å². The summed E-state index contributed by atoms with van der Waals surface area (Å²) in [5, 5.41) is 6.42. The molecule has 148 valence electrons. The molecule has 8 heteroatoms. The maximum Gasteiger partial charge on any atom is 0.203 e. The van der Waals surface area contributed by atoms with Crippen molar-refractivity contribution in [1.82, 2.24) is 5.32 Å². The molecule has 1 aromatic heterocycles. The first-order chi connectivity index (χ1) is 12.7. The summed E-state index contributed by atoms with van der Waals surface area (Å²) >= 11 is 0. The van der Waals surface area contributed by atoms with Gasteiger partial charge in [0.15, 0.2) is 17.5 Å². The maximum absolute atomic E-state index is 5.38. The zero-order valence-corrected chi connectivity index (χ0v) is 18.1. The average Bonchev–Trinajstić information content (AvgIpc) is 3.18. The molecule has 27 heavy (non-hydrogen) atoms. The third-order valence-corrected chi connectivity index (χ3v) is 3.55. The molecule has 0 saturated heterocycles. The molecule has 0 amide bonds. The molecule has 0 unspecified atom stereocenters. The second-order valence-corrected chi connectivity index (χ2v) is 5.27. The third kappa shape index (κ3) is 6.70. The highest BCUT2D eigenvalue weighted by Gasteiger charge is 2.14. The lowest BCUT2D eigenvalue weighted by Crippen LogP contribution is -2.31. The van der Waals surface area contributed by atoms with Crippen LogP contribution in [0.25, 0.3) is 0 Å². The van der Waals surface area contributed by atoms with Crippen molar-refractivity contribution < 1.29 is 18.6 Å². The van der Waals surface area contributed by atoms with Crippen molar-refractivity contribution in [2.75, 3.05) is 39.7 Å². The van der Waals surface area contributed by atoms with Crippen LogP contribution in [0.5, 0.6) is 17.2 Å². The Morgan fingerprint density at radius 1 is 1.19 bits per heavy atom.